The fourth-order valence-corrected chi connectivity index (χ4v) is 2.94. The Kier molecular flexibility index (Phi) is 4.55. The zero-order valence-electron chi connectivity index (χ0n) is 12.5. The average molecular weight is 285 g/mol. The van der Waals surface area contributed by atoms with Crippen molar-refractivity contribution in [2.75, 3.05) is 18.0 Å². The number of hydrogen-bond acceptors (Lipinski definition) is 4. The molecule has 0 amide bonds. The first kappa shape index (κ1) is 14.1. The van der Waals surface area contributed by atoms with Crippen molar-refractivity contribution >= 4 is 5.82 Å². The molecule has 1 N–H and O–H groups in total. The lowest BCUT2D eigenvalue weighted by Crippen LogP contribution is -2.38. The summed E-state index contributed by atoms with van der Waals surface area (Å²) in [6.07, 6.45) is 6.89. The first-order chi connectivity index (χ1) is 10.3. The molecule has 4 nitrogen and oxygen atoms in total. The number of rotatable bonds is 6. The van der Waals surface area contributed by atoms with Gasteiger partial charge in [0.15, 0.2) is 0 Å². The molecule has 0 spiro atoms. The van der Waals surface area contributed by atoms with E-state index in [-0.39, 0.29) is 0 Å². The van der Waals surface area contributed by atoms with E-state index < -0.39 is 0 Å². The van der Waals surface area contributed by atoms with Crippen LogP contribution in [0.4, 0.5) is 5.82 Å². The number of aryl methyl sites for hydroxylation is 1. The van der Waals surface area contributed by atoms with Crippen molar-refractivity contribution in [2.45, 2.75) is 38.3 Å². The van der Waals surface area contributed by atoms with Crippen LogP contribution >= 0.6 is 0 Å². The average Bonchev–Trinajstić information content (AvgIpc) is 3.17. The zero-order valence-corrected chi connectivity index (χ0v) is 12.5. The highest BCUT2D eigenvalue weighted by Crippen LogP contribution is 2.18. The lowest BCUT2D eigenvalue weighted by atomic mass is 10.1. The zero-order chi connectivity index (χ0) is 14.5. The van der Waals surface area contributed by atoms with Gasteiger partial charge < -0.3 is 14.6 Å². The molecule has 2 aromatic rings. The van der Waals surface area contributed by atoms with Gasteiger partial charge in [-0.05, 0) is 44.0 Å². The summed E-state index contributed by atoms with van der Waals surface area (Å²) >= 11 is 0. The lowest BCUT2D eigenvalue weighted by molar-refractivity contribution is 0.425. The largest absolute Gasteiger partial charge is 0.469 e. The van der Waals surface area contributed by atoms with E-state index in [0.29, 0.717) is 12.1 Å². The van der Waals surface area contributed by atoms with E-state index in [1.807, 2.05) is 24.4 Å². The van der Waals surface area contributed by atoms with E-state index in [9.17, 15) is 0 Å². The predicted octanol–water partition coefficient (Wildman–Crippen LogP) is 2.86. The van der Waals surface area contributed by atoms with Gasteiger partial charge in [-0.3, -0.25) is 0 Å². The summed E-state index contributed by atoms with van der Waals surface area (Å²) in [5, 5.41) is 3.73. The highest BCUT2D eigenvalue weighted by Gasteiger charge is 2.24. The minimum Gasteiger partial charge on any atom is -0.469 e. The maximum atomic E-state index is 5.38. The molecule has 21 heavy (non-hydrogen) atoms. The fraction of sp³-hybridized carbons (Fsp3) is 0.471. The molecule has 4 heteroatoms. The van der Waals surface area contributed by atoms with Gasteiger partial charge in [0.05, 0.1) is 6.26 Å². The van der Waals surface area contributed by atoms with Crippen molar-refractivity contribution in [1.82, 2.24) is 10.3 Å². The van der Waals surface area contributed by atoms with Gasteiger partial charge in [-0.1, -0.05) is 6.07 Å². The summed E-state index contributed by atoms with van der Waals surface area (Å²) in [6.45, 7) is 4.38. The second-order valence-electron chi connectivity index (χ2n) is 5.81. The Bertz CT molecular complexity index is 526. The second-order valence-corrected chi connectivity index (χ2v) is 5.81. The number of nitrogens with zero attached hydrogens (tertiary/aromatic N) is 2. The van der Waals surface area contributed by atoms with E-state index in [1.54, 1.807) is 6.26 Å². The Morgan fingerprint density at radius 2 is 2.33 bits per heavy atom. The van der Waals surface area contributed by atoms with E-state index >= 15 is 0 Å². The third-order valence-electron chi connectivity index (χ3n) is 4.09. The molecule has 3 rings (SSSR count). The van der Waals surface area contributed by atoms with Crippen molar-refractivity contribution in [3.05, 3.63) is 48.6 Å². The fourth-order valence-electron chi connectivity index (χ4n) is 2.94. The topological polar surface area (TPSA) is 41.3 Å². The quantitative estimate of drug-likeness (QED) is 0.886. The van der Waals surface area contributed by atoms with Crippen LogP contribution in [0.2, 0.25) is 0 Å². The summed E-state index contributed by atoms with van der Waals surface area (Å²) in [5.74, 6) is 2.16. The molecular weight excluding hydrogens is 262 g/mol. The summed E-state index contributed by atoms with van der Waals surface area (Å²) in [6, 6.07) is 11.2. The molecule has 0 bridgehead atoms. The minimum absolute atomic E-state index is 0.504. The van der Waals surface area contributed by atoms with Crippen LogP contribution < -0.4 is 10.2 Å². The minimum atomic E-state index is 0.504. The Labute approximate surface area is 126 Å². The van der Waals surface area contributed by atoms with Crippen LogP contribution in [0, 0.1) is 0 Å². The predicted molar refractivity (Wildman–Crippen MR) is 84.5 cm³/mol. The lowest BCUT2D eigenvalue weighted by Gasteiger charge is -2.20. The van der Waals surface area contributed by atoms with E-state index in [4.69, 9.17) is 4.42 Å². The highest BCUT2D eigenvalue weighted by atomic mass is 16.3. The van der Waals surface area contributed by atoms with Crippen molar-refractivity contribution in [1.29, 1.82) is 0 Å². The molecule has 1 aliphatic rings. The van der Waals surface area contributed by atoms with Gasteiger partial charge in [0, 0.05) is 37.8 Å². The summed E-state index contributed by atoms with van der Waals surface area (Å²) in [4.78, 5) is 6.79. The third kappa shape index (κ3) is 3.85. The second kappa shape index (κ2) is 6.76. The Morgan fingerprint density at radius 1 is 1.38 bits per heavy atom. The van der Waals surface area contributed by atoms with Gasteiger partial charge in [-0.15, -0.1) is 0 Å². The van der Waals surface area contributed by atoms with Crippen LogP contribution in [-0.4, -0.2) is 30.2 Å². The van der Waals surface area contributed by atoms with Gasteiger partial charge in [-0.2, -0.15) is 0 Å². The third-order valence-corrected chi connectivity index (χ3v) is 4.09. The maximum absolute atomic E-state index is 5.38. The van der Waals surface area contributed by atoms with Crippen LogP contribution in [0.3, 0.4) is 0 Å². The SMILES string of the molecule is C[C@@H](CCc1ccco1)N[C@H]1CCN(c2ccccn2)C1. The van der Waals surface area contributed by atoms with Crippen molar-refractivity contribution in [2.24, 2.45) is 0 Å². The Morgan fingerprint density at radius 3 is 3.10 bits per heavy atom. The molecule has 1 saturated heterocycles. The number of aromatic nitrogens is 1. The Hall–Kier alpha value is -1.81. The van der Waals surface area contributed by atoms with E-state index in [0.717, 1.165) is 37.5 Å². The monoisotopic (exact) mass is 285 g/mol. The van der Waals surface area contributed by atoms with Crippen LogP contribution in [0.15, 0.2) is 47.2 Å². The molecule has 3 heterocycles. The molecule has 112 valence electrons. The summed E-state index contributed by atoms with van der Waals surface area (Å²) in [5.41, 5.74) is 0. The molecule has 2 aromatic heterocycles. The molecule has 2 atom stereocenters. The summed E-state index contributed by atoms with van der Waals surface area (Å²) in [7, 11) is 0. The number of furan rings is 1. The standard InChI is InChI=1S/C17H23N3O/c1-14(7-8-16-5-4-12-21-16)19-15-9-11-20(13-15)17-6-2-3-10-18-17/h2-6,10,12,14-15,19H,7-9,11,13H2,1H3/t14-,15-/m0/s1. The smallest absolute Gasteiger partial charge is 0.128 e. The van der Waals surface area contributed by atoms with Gasteiger partial charge in [0.25, 0.3) is 0 Å². The molecule has 0 aromatic carbocycles. The number of anilines is 1. The van der Waals surface area contributed by atoms with Crippen LogP contribution in [0.5, 0.6) is 0 Å². The normalized spacial score (nSPS) is 19.9. The first-order valence-corrected chi connectivity index (χ1v) is 7.75. The number of nitrogens with one attached hydrogen (secondary N) is 1. The molecule has 0 aliphatic carbocycles. The van der Waals surface area contributed by atoms with Crippen LogP contribution in [0.1, 0.15) is 25.5 Å². The van der Waals surface area contributed by atoms with Crippen LogP contribution in [0.25, 0.3) is 0 Å². The van der Waals surface area contributed by atoms with Crippen molar-refractivity contribution in [3.8, 4) is 0 Å². The molecule has 0 unspecified atom stereocenters. The highest BCUT2D eigenvalue weighted by molar-refractivity contribution is 5.39. The van der Waals surface area contributed by atoms with E-state index in [1.165, 1.54) is 6.42 Å². The van der Waals surface area contributed by atoms with Crippen molar-refractivity contribution < 1.29 is 4.42 Å². The van der Waals surface area contributed by atoms with Gasteiger partial charge in [0.2, 0.25) is 0 Å². The van der Waals surface area contributed by atoms with Crippen LogP contribution in [-0.2, 0) is 6.42 Å². The summed E-state index contributed by atoms with van der Waals surface area (Å²) < 4.78 is 5.38. The molecule has 0 radical (unpaired) electrons. The van der Waals surface area contributed by atoms with Gasteiger partial charge in [0.1, 0.15) is 11.6 Å². The number of hydrogen-bond donors (Lipinski definition) is 1. The molecule has 1 aliphatic heterocycles. The number of pyridine rings is 1. The van der Waals surface area contributed by atoms with Crippen molar-refractivity contribution in [3.63, 3.8) is 0 Å². The molecule has 0 saturated carbocycles. The molecular formula is C17H23N3O. The van der Waals surface area contributed by atoms with E-state index in [2.05, 4.69) is 34.3 Å². The first-order valence-electron chi connectivity index (χ1n) is 7.75. The Balaban J connectivity index is 1.44. The van der Waals surface area contributed by atoms with Gasteiger partial charge in [-0.25, -0.2) is 4.98 Å². The molecule has 1 fully saturated rings. The maximum Gasteiger partial charge on any atom is 0.128 e. The van der Waals surface area contributed by atoms with Gasteiger partial charge >= 0.3 is 0 Å².